The highest BCUT2D eigenvalue weighted by molar-refractivity contribution is 7.99. The monoisotopic (exact) mass is 914 g/mol. The van der Waals surface area contributed by atoms with Gasteiger partial charge in [-0.1, -0.05) is 139 Å². The molecule has 0 fully saturated rings. The van der Waals surface area contributed by atoms with E-state index in [0.29, 0.717) is 0 Å². The van der Waals surface area contributed by atoms with Crippen molar-refractivity contribution >= 4 is 67.8 Å². The van der Waals surface area contributed by atoms with Crippen molar-refractivity contribution in [2.24, 2.45) is 0 Å². The van der Waals surface area contributed by atoms with E-state index in [-0.39, 0.29) is 0 Å². The van der Waals surface area contributed by atoms with E-state index in [4.69, 9.17) is 4.98 Å². The Morgan fingerprint density at radius 3 is 1.41 bits per heavy atom. The number of hydrogen-bond acceptors (Lipinski definition) is 6. The van der Waals surface area contributed by atoms with Crippen LogP contribution in [0.25, 0.3) is 72.3 Å². The molecule has 0 atom stereocenters. The predicted octanol–water partition coefficient (Wildman–Crippen LogP) is 17.0. The number of benzene rings is 8. The quantitative estimate of drug-likeness (QED) is 0.144. The topological polar surface area (TPSA) is 50.1 Å². The molecular weight excluding hydrogens is 873 g/mol. The highest BCUT2D eigenvalue weighted by Gasteiger charge is 2.28. The van der Waals surface area contributed by atoms with Crippen LogP contribution in [0.15, 0.2) is 265 Å². The first kappa shape index (κ1) is 41.2. The lowest BCUT2D eigenvalue weighted by atomic mass is 10.0. The van der Waals surface area contributed by atoms with E-state index in [1.807, 2.05) is 30.7 Å². The fourth-order valence-electron chi connectivity index (χ4n) is 9.80. The number of pyridine rings is 3. The van der Waals surface area contributed by atoms with Gasteiger partial charge in [0.2, 0.25) is 0 Å². The number of fused-ring (bicyclic) bond motifs is 5. The van der Waals surface area contributed by atoms with Gasteiger partial charge in [0.05, 0.1) is 33.8 Å². The van der Waals surface area contributed by atoms with Crippen LogP contribution in [-0.4, -0.2) is 19.5 Å². The summed E-state index contributed by atoms with van der Waals surface area (Å²) in [6.45, 7) is 0. The van der Waals surface area contributed by atoms with Gasteiger partial charge in [-0.2, -0.15) is 0 Å². The first-order valence-electron chi connectivity index (χ1n) is 23.4. The molecule has 12 aromatic rings. The molecule has 6 nitrogen and oxygen atoms in total. The summed E-state index contributed by atoms with van der Waals surface area (Å²) >= 11 is 1.79. The van der Waals surface area contributed by atoms with Gasteiger partial charge >= 0.3 is 0 Å². The zero-order chi connectivity index (χ0) is 46.4. The summed E-state index contributed by atoms with van der Waals surface area (Å²) in [5.74, 6) is 1.59. The molecule has 330 valence electrons. The van der Waals surface area contributed by atoms with Crippen molar-refractivity contribution in [1.29, 1.82) is 0 Å². The van der Waals surface area contributed by atoms with E-state index >= 15 is 0 Å². The van der Waals surface area contributed by atoms with Crippen molar-refractivity contribution in [3.63, 3.8) is 0 Å². The highest BCUT2D eigenvalue weighted by Crippen LogP contribution is 2.52. The maximum Gasteiger partial charge on any atom is 0.142 e. The van der Waals surface area contributed by atoms with Crippen LogP contribution in [0.4, 0.5) is 34.3 Å². The minimum Gasteiger partial charge on any atom is -0.310 e. The molecular formula is C63H42N6S. The molecule has 7 heteroatoms. The van der Waals surface area contributed by atoms with E-state index in [9.17, 15) is 0 Å². The number of anilines is 6. The van der Waals surface area contributed by atoms with Crippen molar-refractivity contribution in [1.82, 2.24) is 19.5 Å². The van der Waals surface area contributed by atoms with Crippen LogP contribution < -0.4 is 9.80 Å². The molecule has 0 aliphatic carbocycles. The van der Waals surface area contributed by atoms with Gasteiger partial charge in [-0.25, -0.2) is 4.98 Å². The first-order chi connectivity index (χ1) is 34.7. The zero-order valence-electron chi connectivity index (χ0n) is 37.8. The summed E-state index contributed by atoms with van der Waals surface area (Å²) in [6.07, 6.45) is 5.52. The standard InChI is InChI=1S/C63H42N6S/c1-3-13-43(14-4-1)48-26-32-56-53(39-48)54-40-49(44-15-5-2-6-16-44)27-33-57(54)68(56)62-41-52(42-63(66-62)69-58-18-7-9-20-60(58)70-61-21-10-8-19-59(61)69)67(50-28-22-45(23-29-50)46-34-37-64-38-35-46)51-30-24-47(25-31-51)55-17-11-12-36-65-55/h1-42H. The molecule has 8 aromatic carbocycles. The van der Waals surface area contributed by atoms with E-state index in [1.165, 1.54) is 20.9 Å². The minimum atomic E-state index is 0.795. The lowest BCUT2D eigenvalue weighted by Gasteiger charge is -2.33. The Balaban J connectivity index is 1.08. The smallest absolute Gasteiger partial charge is 0.142 e. The molecule has 0 radical (unpaired) electrons. The predicted molar refractivity (Wildman–Crippen MR) is 289 cm³/mol. The van der Waals surface area contributed by atoms with Crippen molar-refractivity contribution in [3.05, 3.63) is 255 Å². The molecule has 70 heavy (non-hydrogen) atoms. The van der Waals surface area contributed by atoms with Gasteiger partial charge in [-0.15, -0.1) is 0 Å². The van der Waals surface area contributed by atoms with Crippen molar-refractivity contribution in [2.45, 2.75) is 9.79 Å². The first-order valence-corrected chi connectivity index (χ1v) is 24.2. The van der Waals surface area contributed by atoms with Crippen LogP contribution in [0.2, 0.25) is 0 Å². The fraction of sp³-hybridized carbons (Fsp3) is 0. The van der Waals surface area contributed by atoms with Crippen LogP contribution >= 0.6 is 11.8 Å². The summed E-state index contributed by atoms with van der Waals surface area (Å²) in [6, 6.07) is 84.4. The maximum absolute atomic E-state index is 5.77. The zero-order valence-corrected chi connectivity index (χ0v) is 38.7. The average Bonchev–Trinajstić information content (AvgIpc) is 3.77. The lowest BCUT2D eigenvalue weighted by Crippen LogP contribution is -2.18. The third-order valence-corrected chi connectivity index (χ3v) is 14.3. The molecule has 0 amide bonds. The van der Waals surface area contributed by atoms with E-state index in [1.54, 1.807) is 11.8 Å². The molecule has 0 bridgehead atoms. The molecule has 13 rings (SSSR count). The Bertz CT molecular complexity index is 3620. The Morgan fingerprint density at radius 2 is 0.843 bits per heavy atom. The third kappa shape index (κ3) is 7.46. The van der Waals surface area contributed by atoms with E-state index < -0.39 is 0 Å². The van der Waals surface area contributed by atoms with Crippen molar-refractivity contribution in [2.75, 3.05) is 9.80 Å². The summed E-state index contributed by atoms with van der Waals surface area (Å²) < 4.78 is 2.35. The Labute approximate surface area is 410 Å². The van der Waals surface area contributed by atoms with Gasteiger partial charge in [-0.05, 0) is 130 Å². The second kappa shape index (κ2) is 17.6. The van der Waals surface area contributed by atoms with Gasteiger partial charge < -0.3 is 4.90 Å². The fourth-order valence-corrected chi connectivity index (χ4v) is 10.9. The summed E-state index contributed by atoms with van der Waals surface area (Å²) in [7, 11) is 0. The number of hydrogen-bond donors (Lipinski definition) is 0. The Kier molecular flexibility index (Phi) is 10.3. The largest absolute Gasteiger partial charge is 0.310 e. The van der Waals surface area contributed by atoms with Gasteiger partial charge in [0, 0.05) is 68.2 Å². The van der Waals surface area contributed by atoms with Gasteiger partial charge in [0.25, 0.3) is 0 Å². The minimum absolute atomic E-state index is 0.795. The highest BCUT2D eigenvalue weighted by atomic mass is 32.2. The number of aromatic nitrogens is 4. The molecule has 0 unspecified atom stereocenters. The molecule has 0 saturated heterocycles. The van der Waals surface area contributed by atoms with Gasteiger partial charge in [-0.3, -0.25) is 19.4 Å². The molecule has 1 aliphatic rings. The summed E-state index contributed by atoms with van der Waals surface area (Å²) in [5, 5.41) is 2.31. The average molecular weight is 915 g/mol. The van der Waals surface area contributed by atoms with Crippen LogP contribution in [-0.2, 0) is 0 Å². The third-order valence-electron chi connectivity index (χ3n) is 13.1. The Morgan fingerprint density at radius 1 is 0.357 bits per heavy atom. The number of para-hydroxylation sites is 2. The second-order valence-corrected chi connectivity index (χ2v) is 18.4. The SMILES string of the molecule is c1ccc(-c2ccc3c(c2)c2cc(-c4ccccc4)ccc2n3-c2cc(N(c3ccc(-c4ccncc4)cc3)c3ccc(-c4ccccn4)cc3)cc(N3c4ccccc4Sc4ccccc43)n2)cc1. The van der Waals surface area contributed by atoms with Crippen LogP contribution in [0.3, 0.4) is 0 Å². The van der Waals surface area contributed by atoms with Crippen molar-refractivity contribution in [3.8, 4) is 50.5 Å². The molecule has 0 saturated carbocycles. The Hall–Kier alpha value is -9.04. The summed E-state index contributed by atoms with van der Waals surface area (Å²) in [5.41, 5.74) is 16.1. The molecule has 1 aliphatic heterocycles. The molecule has 4 aromatic heterocycles. The maximum atomic E-state index is 5.77. The van der Waals surface area contributed by atoms with Crippen LogP contribution in [0, 0.1) is 0 Å². The van der Waals surface area contributed by atoms with E-state index in [0.717, 1.165) is 95.4 Å². The van der Waals surface area contributed by atoms with Gasteiger partial charge in [0.15, 0.2) is 0 Å². The van der Waals surface area contributed by atoms with Gasteiger partial charge in [0.1, 0.15) is 11.6 Å². The van der Waals surface area contributed by atoms with Crippen LogP contribution in [0.5, 0.6) is 0 Å². The normalized spacial score (nSPS) is 11.9. The van der Waals surface area contributed by atoms with Crippen LogP contribution in [0.1, 0.15) is 0 Å². The molecule has 0 spiro atoms. The lowest BCUT2D eigenvalue weighted by molar-refractivity contribution is 1.04. The molecule has 0 N–H and O–H groups in total. The number of nitrogens with zero attached hydrogens (tertiary/aromatic N) is 6. The van der Waals surface area contributed by atoms with Crippen molar-refractivity contribution < 1.29 is 0 Å². The summed E-state index contributed by atoms with van der Waals surface area (Å²) in [4.78, 5) is 21.7. The number of rotatable bonds is 9. The van der Waals surface area contributed by atoms with E-state index in [2.05, 4.69) is 249 Å². The molecule has 5 heterocycles. The second-order valence-electron chi connectivity index (χ2n) is 17.3.